The molecule has 2 rings (SSSR count). The lowest BCUT2D eigenvalue weighted by atomic mass is 10.1. The third-order valence-corrected chi connectivity index (χ3v) is 4.33. The average Bonchev–Trinajstić information content (AvgIpc) is 2.59. The highest BCUT2D eigenvalue weighted by Gasteiger charge is 2.29. The fraction of sp³-hybridized carbons (Fsp3) is 0.118. The van der Waals surface area contributed by atoms with Crippen LogP contribution in [0.5, 0.6) is 5.75 Å². The summed E-state index contributed by atoms with van der Waals surface area (Å²) < 4.78 is 65.5. The van der Waals surface area contributed by atoms with Crippen LogP contribution in [0, 0.1) is 0 Å². The van der Waals surface area contributed by atoms with Gasteiger partial charge in [0.05, 0.1) is 12.7 Å². The molecule has 0 fully saturated rings. The predicted octanol–water partition coefficient (Wildman–Crippen LogP) is 3.01. The third-order valence-electron chi connectivity index (χ3n) is 3.40. The summed E-state index contributed by atoms with van der Waals surface area (Å²) in [6.07, 6.45) is -2.02. The Morgan fingerprint density at radius 2 is 1.78 bits per heavy atom. The van der Waals surface area contributed by atoms with Gasteiger partial charge in [-0.1, -0.05) is 12.1 Å². The van der Waals surface area contributed by atoms with Gasteiger partial charge in [0.25, 0.3) is 0 Å². The first-order chi connectivity index (χ1) is 12.5. The largest absolute Gasteiger partial charge is 0.495 e. The van der Waals surface area contributed by atoms with Crippen LogP contribution < -0.4 is 15.2 Å². The zero-order valence-corrected chi connectivity index (χ0v) is 14.8. The second-order valence-corrected chi connectivity index (χ2v) is 6.88. The lowest BCUT2D eigenvalue weighted by Crippen LogP contribution is -2.15. The Morgan fingerprint density at radius 3 is 2.30 bits per heavy atom. The Kier molecular flexibility index (Phi) is 5.91. The smallest absolute Gasteiger partial charge is 0.416 e. The van der Waals surface area contributed by atoms with E-state index in [2.05, 4.69) is 5.32 Å². The molecule has 144 valence electrons. The van der Waals surface area contributed by atoms with Crippen molar-refractivity contribution >= 4 is 27.7 Å². The number of benzene rings is 2. The van der Waals surface area contributed by atoms with Gasteiger partial charge in [0.1, 0.15) is 10.6 Å². The highest BCUT2D eigenvalue weighted by molar-refractivity contribution is 7.89. The summed E-state index contributed by atoms with van der Waals surface area (Å²) in [4.78, 5) is 11.6. The van der Waals surface area contributed by atoms with Gasteiger partial charge in [-0.25, -0.2) is 13.6 Å². The van der Waals surface area contributed by atoms with Crippen molar-refractivity contribution in [3.8, 4) is 5.75 Å². The van der Waals surface area contributed by atoms with E-state index >= 15 is 0 Å². The van der Waals surface area contributed by atoms with Crippen LogP contribution in [-0.4, -0.2) is 21.4 Å². The zero-order valence-electron chi connectivity index (χ0n) is 13.9. The Hall–Kier alpha value is -2.85. The SMILES string of the molecule is COc1ccc(NC(=O)/C=C/c2ccc(C(F)(F)F)cc2)cc1S(N)(=O)=O. The van der Waals surface area contributed by atoms with Gasteiger partial charge in [-0.05, 0) is 42.0 Å². The molecule has 1 amide bonds. The molecule has 0 saturated heterocycles. The molecule has 0 heterocycles. The van der Waals surface area contributed by atoms with Gasteiger partial charge in [0.2, 0.25) is 15.9 Å². The van der Waals surface area contributed by atoms with Crippen LogP contribution in [0.4, 0.5) is 18.9 Å². The number of primary sulfonamides is 1. The summed E-state index contributed by atoms with van der Waals surface area (Å²) in [5.41, 5.74) is -0.252. The molecule has 0 spiro atoms. The van der Waals surface area contributed by atoms with Gasteiger partial charge in [-0.2, -0.15) is 13.2 Å². The number of methoxy groups -OCH3 is 1. The molecule has 0 aliphatic heterocycles. The lowest BCUT2D eigenvalue weighted by Gasteiger charge is -2.09. The zero-order chi connectivity index (χ0) is 20.2. The minimum Gasteiger partial charge on any atom is -0.495 e. The Labute approximate surface area is 153 Å². The highest BCUT2D eigenvalue weighted by atomic mass is 32.2. The first-order valence-corrected chi connectivity index (χ1v) is 8.92. The first-order valence-electron chi connectivity index (χ1n) is 7.38. The summed E-state index contributed by atoms with van der Waals surface area (Å²) in [6, 6.07) is 8.13. The van der Waals surface area contributed by atoms with Crippen LogP contribution in [-0.2, 0) is 21.0 Å². The molecule has 0 bridgehead atoms. The number of rotatable bonds is 5. The maximum atomic E-state index is 12.5. The van der Waals surface area contributed by atoms with E-state index < -0.39 is 27.7 Å². The highest BCUT2D eigenvalue weighted by Crippen LogP contribution is 2.29. The number of anilines is 1. The van der Waals surface area contributed by atoms with Gasteiger partial charge in [-0.15, -0.1) is 0 Å². The van der Waals surface area contributed by atoms with Crippen molar-refractivity contribution in [3.05, 3.63) is 59.7 Å². The van der Waals surface area contributed by atoms with Crippen molar-refractivity contribution in [1.82, 2.24) is 0 Å². The van der Waals surface area contributed by atoms with E-state index in [1.807, 2.05) is 0 Å². The lowest BCUT2D eigenvalue weighted by molar-refractivity contribution is -0.137. The number of nitrogens with two attached hydrogens (primary N) is 1. The molecule has 2 aromatic rings. The van der Waals surface area contributed by atoms with Crippen molar-refractivity contribution in [2.75, 3.05) is 12.4 Å². The number of hydrogen-bond donors (Lipinski definition) is 2. The molecule has 0 radical (unpaired) electrons. The van der Waals surface area contributed by atoms with E-state index in [0.29, 0.717) is 5.56 Å². The Bertz CT molecular complexity index is 969. The number of carbonyl (C=O) groups is 1. The van der Waals surface area contributed by atoms with E-state index in [1.54, 1.807) is 0 Å². The summed E-state index contributed by atoms with van der Waals surface area (Å²) in [7, 11) is -2.79. The van der Waals surface area contributed by atoms with E-state index in [-0.39, 0.29) is 16.3 Å². The van der Waals surface area contributed by atoms with E-state index in [4.69, 9.17) is 9.88 Å². The summed E-state index contributed by atoms with van der Waals surface area (Å²) in [6.45, 7) is 0. The van der Waals surface area contributed by atoms with Crippen LogP contribution in [0.3, 0.4) is 0 Å². The van der Waals surface area contributed by atoms with Gasteiger partial charge in [0, 0.05) is 11.8 Å². The summed E-state index contributed by atoms with van der Waals surface area (Å²) in [5, 5.41) is 7.53. The Morgan fingerprint density at radius 1 is 1.15 bits per heavy atom. The molecule has 2 aromatic carbocycles. The van der Waals surface area contributed by atoms with E-state index in [9.17, 15) is 26.4 Å². The molecule has 3 N–H and O–H groups in total. The molecular formula is C17H15F3N2O4S. The number of ether oxygens (including phenoxy) is 1. The quantitative estimate of drug-likeness (QED) is 0.754. The van der Waals surface area contributed by atoms with Crippen LogP contribution in [0.15, 0.2) is 53.4 Å². The van der Waals surface area contributed by atoms with Crippen molar-refractivity contribution in [3.63, 3.8) is 0 Å². The number of nitrogens with one attached hydrogen (secondary N) is 1. The standard InChI is InChI=1S/C17H15F3N2O4S/c1-26-14-8-7-13(10-15(14)27(21,24)25)22-16(23)9-4-11-2-5-12(6-3-11)17(18,19)20/h2-10H,1H3,(H,22,23)(H2,21,24,25)/b9-4+. The van der Waals surface area contributed by atoms with Gasteiger partial charge in [0.15, 0.2) is 0 Å². The van der Waals surface area contributed by atoms with Gasteiger partial charge < -0.3 is 10.1 Å². The Balaban J connectivity index is 2.13. The second kappa shape index (κ2) is 7.80. The minimum atomic E-state index is -4.44. The monoisotopic (exact) mass is 400 g/mol. The molecule has 0 unspecified atom stereocenters. The van der Waals surface area contributed by atoms with E-state index in [1.165, 1.54) is 37.5 Å². The first kappa shape index (κ1) is 20.5. The molecular weight excluding hydrogens is 385 g/mol. The minimum absolute atomic E-state index is 0.0239. The van der Waals surface area contributed by atoms with Gasteiger partial charge in [-0.3, -0.25) is 4.79 Å². The fourth-order valence-electron chi connectivity index (χ4n) is 2.12. The van der Waals surface area contributed by atoms with Crippen molar-refractivity contribution in [1.29, 1.82) is 0 Å². The molecule has 0 saturated carbocycles. The van der Waals surface area contributed by atoms with Crippen molar-refractivity contribution in [2.24, 2.45) is 5.14 Å². The number of sulfonamides is 1. The molecule has 27 heavy (non-hydrogen) atoms. The van der Waals surface area contributed by atoms with Crippen LogP contribution in [0.1, 0.15) is 11.1 Å². The molecule has 0 aliphatic rings. The normalized spacial score (nSPS) is 12.2. The fourth-order valence-corrected chi connectivity index (χ4v) is 2.84. The molecule has 0 aliphatic carbocycles. The van der Waals surface area contributed by atoms with Gasteiger partial charge >= 0.3 is 6.18 Å². The number of alkyl halides is 3. The molecule has 0 atom stereocenters. The maximum absolute atomic E-state index is 12.5. The van der Waals surface area contributed by atoms with Crippen LogP contribution in [0.25, 0.3) is 6.08 Å². The number of carbonyl (C=O) groups excluding carboxylic acids is 1. The second-order valence-electron chi connectivity index (χ2n) is 5.35. The van der Waals surface area contributed by atoms with Crippen LogP contribution >= 0.6 is 0 Å². The predicted molar refractivity (Wildman–Crippen MR) is 93.5 cm³/mol. The van der Waals surface area contributed by atoms with Crippen LogP contribution in [0.2, 0.25) is 0 Å². The average molecular weight is 400 g/mol. The van der Waals surface area contributed by atoms with Crippen molar-refractivity contribution in [2.45, 2.75) is 11.1 Å². The number of amides is 1. The summed E-state index contributed by atoms with van der Waals surface area (Å²) >= 11 is 0. The third kappa shape index (κ3) is 5.56. The van der Waals surface area contributed by atoms with Crippen molar-refractivity contribution < 1.29 is 31.1 Å². The molecule has 10 heteroatoms. The number of hydrogen-bond acceptors (Lipinski definition) is 4. The molecule has 0 aromatic heterocycles. The topological polar surface area (TPSA) is 98.5 Å². The molecule has 6 nitrogen and oxygen atoms in total. The van der Waals surface area contributed by atoms with E-state index in [0.717, 1.165) is 24.3 Å². The maximum Gasteiger partial charge on any atom is 0.416 e. The number of halogens is 3. The summed E-state index contributed by atoms with van der Waals surface area (Å²) in [5.74, 6) is -0.587.